The summed E-state index contributed by atoms with van der Waals surface area (Å²) >= 11 is 0. The lowest BCUT2D eigenvalue weighted by Gasteiger charge is -2.12. The Morgan fingerprint density at radius 2 is 1.56 bits per heavy atom. The summed E-state index contributed by atoms with van der Waals surface area (Å²) in [5, 5.41) is 0. The van der Waals surface area contributed by atoms with Gasteiger partial charge in [0.05, 0.1) is 28.4 Å². The Morgan fingerprint density at radius 3 is 1.94 bits per heavy atom. The third-order valence-corrected chi connectivity index (χ3v) is 1.82. The summed E-state index contributed by atoms with van der Waals surface area (Å²) in [4.78, 5) is 0. The van der Waals surface area contributed by atoms with E-state index in [1.807, 2.05) is 12.2 Å². The summed E-state index contributed by atoms with van der Waals surface area (Å²) in [6.45, 7) is 2.06. The van der Waals surface area contributed by atoms with Crippen LogP contribution in [0.1, 0.15) is 13.3 Å². The van der Waals surface area contributed by atoms with E-state index in [1.165, 1.54) is 21.3 Å². The second-order valence-electron chi connectivity index (χ2n) is 2.80. The highest BCUT2D eigenvalue weighted by atomic mass is 16.7. The standard InChI is InChI=1S/C12H20O4/c1-6-7-8-9-10(13-2)11(14-3)12(15-4)16-5/h7-9H,6H2,1-5H3. The number of allylic oxidation sites excluding steroid dienone is 3. The number of methoxy groups -OCH3 is 4. The Labute approximate surface area is 97.1 Å². The maximum Gasteiger partial charge on any atom is 0.326 e. The van der Waals surface area contributed by atoms with Gasteiger partial charge in [0.1, 0.15) is 0 Å². The molecule has 0 bridgehead atoms. The highest BCUT2D eigenvalue weighted by molar-refractivity contribution is 5.25. The topological polar surface area (TPSA) is 36.9 Å². The van der Waals surface area contributed by atoms with Crippen molar-refractivity contribution in [3.05, 3.63) is 35.7 Å². The molecule has 0 aliphatic rings. The molecule has 0 aromatic carbocycles. The summed E-state index contributed by atoms with van der Waals surface area (Å²) in [5.41, 5.74) is 0. The van der Waals surface area contributed by atoms with E-state index in [-0.39, 0.29) is 5.95 Å². The summed E-state index contributed by atoms with van der Waals surface area (Å²) in [5.74, 6) is 1.25. The van der Waals surface area contributed by atoms with Gasteiger partial charge in [0.25, 0.3) is 0 Å². The van der Waals surface area contributed by atoms with Gasteiger partial charge in [-0.15, -0.1) is 0 Å². The van der Waals surface area contributed by atoms with Crippen LogP contribution in [0.3, 0.4) is 0 Å². The van der Waals surface area contributed by atoms with Crippen LogP contribution in [0, 0.1) is 0 Å². The third-order valence-electron chi connectivity index (χ3n) is 1.82. The molecule has 4 heteroatoms. The molecule has 0 saturated heterocycles. The van der Waals surface area contributed by atoms with E-state index in [0.29, 0.717) is 11.5 Å². The maximum atomic E-state index is 5.20. The molecule has 0 saturated carbocycles. The van der Waals surface area contributed by atoms with Gasteiger partial charge in [-0.25, -0.2) is 0 Å². The lowest BCUT2D eigenvalue weighted by atomic mass is 10.3. The quantitative estimate of drug-likeness (QED) is 0.496. The van der Waals surface area contributed by atoms with Gasteiger partial charge in [-0.2, -0.15) is 0 Å². The fourth-order valence-corrected chi connectivity index (χ4v) is 1.08. The Kier molecular flexibility index (Phi) is 7.85. The molecule has 0 amide bonds. The fourth-order valence-electron chi connectivity index (χ4n) is 1.08. The van der Waals surface area contributed by atoms with Crippen molar-refractivity contribution in [2.45, 2.75) is 13.3 Å². The van der Waals surface area contributed by atoms with E-state index in [4.69, 9.17) is 18.9 Å². The highest BCUT2D eigenvalue weighted by Gasteiger charge is 2.14. The predicted octanol–water partition coefficient (Wildman–Crippen LogP) is 2.59. The van der Waals surface area contributed by atoms with Gasteiger partial charge in [-0.1, -0.05) is 19.1 Å². The van der Waals surface area contributed by atoms with Gasteiger partial charge < -0.3 is 18.9 Å². The van der Waals surface area contributed by atoms with E-state index in [0.717, 1.165) is 6.42 Å². The average Bonchev–Trinajstić information content (AvgIpc) is 2.32. The summed E-state index contributed by atoms with van der Waals surface area (Å²) < 4.78 is 20.4. The molecule has 0 spiro atoms. The minimum Gasteiger partial charge on any atom is -0.493 e. The molecule has 0 fully saturated rings. The van der Waals surface area contributed by atoms with Gasteiger partial charge in [0.2, 0.25) is 5.76 Å². The molecule has 0 unspecified atom stereocenters. The molecule has 0 rings (SSSR count). The highest BCUT2D eigenvalue weighted by Crippen LogP contribution is 2.17. The number of hydrogen-bond donors (Lipinski definition) is 0. The van der Waals surface area contributed by atoms with Crippen LogP contribution in [0.2, 0.25) is 0 Å². The van der Waals surface area contributed by atoms with Gasteiger partial charge in [-0.05, 0) is 12.5 Å². The number of rotatable bonds is 7. The van der Waals surface area contributed by atoms with Gasteiger partial charge >= 0.3 is 5.95 Å². The summed E-state index contributed by atoms with van der Waals surface area (Å²) in [6.07, 6.45) is 6.65. The molecule has 0 aromatic rings. The second kappa shape index (κ2) is 8.71. The van der Waals surface area contributed by atoms with E-state index >= 15 is 0 Å². The largest absolute Gasteiger partial charge is 0.493 e. The van der Waals surface area contributed by atoms with Crippen molar-refractivity contribution in [2.24, 2.45) is 0 Å². The van der Waals surface area contributed by atoms with Crippen molar-refractivity contribution in [3.63, 3.8) is 0 Å². The first-order chi connectivity index (χ1) is 7.74. The number of hydrogen-bond acceptors (Lipinski definition) is 4. The lowest BCUT2D eigenvalue weighted by molar-refractivity contribution is 0.0640. The summed E-state index contributed by atoms with van der Waals surface area (Å²) in [7, 11) is 6.11. The fraction of sp³-hybridized carbons (Fsp3) is 0.500. The van der Waals surface area contributed by atoms with Crippen LogP contribution < -0.4 is 0 Å². The normalized spacial score (nSPS) is 11.2. The molecule has 0 heterocycles. The molecule has 0 N–H and O–H groups in total. The van der Waals surface area contributed by atoms with Crippen LogP contribution in [-0.2, 0) is 18.9 Å². The predicted molar refractivity (Wildman–Crippen MR) is 62.6 cm³/mol. The van der Waals surface area contributed by atoms with Crippen molar-refractivity contribution in [2.75, 3.05) is 28.4 Å². The lowest BCUT2D eigenvalue weighted by Crippen LogP contribution is -2.03. The van der Waals surface area contributed by atoms with E-state index < -0.39 is 0 Å². The zero-order chi connectivity index (χ0) is 12.4. The zero-order valence-corrected chi connectivity index (χ0v) is 10.6. The van der Waals surface area contributed by atoms with Crippen LogP contribution in [0.15, 0.2) is 35.7 Å². The van der Waals surface area contributed by atoms with E-state index in [2.05, 4.69) is 6.92 Å². The minimum atomic E-state index is 0.278. The zero-order valence-electron chi connectivity index (χ0n) is 10.6. The van der Waals surface area contributed by atoms with Crippen molar-refractivity contribution in [3.8, 4) is 0 Å². The monoisotopic (exact) mass is 228 g/mol. The molecule has 0 atom stereocenters. The molecule has 16 heavy (non-hydrogen) atoms. The maximum absolute atomic E-state index is 5.20. The molecule has 0 aromatic heterocycles. The van der Waals surface area contributed by atoms with Crippen molar-refractivity contribution in [1.29, 1.82) is 0 Å². The van der Waals surface area contributed by atoms with Gasteiger partial charge in [0.15, 0.2) is 5.76 Å². The SMILES string of the molecule is CCC=CC=C(OC)C(OC)=C(OC)OC. The van der Waals surface area contributed by atoms with Crippen LogP contribution in [0.5, 0.6) is 0 Å². The first-order valence-corrected chi connectivity index (χ1v) is 5.02. The number of ether oxygens (including phenoxy) is 4. The first-order valence-electron chi connectivity index (χ1n) is 5.02. The minimum absolute atomic E-state index is 0.278. The van der Waals surface area contributed by atoms with Crippen molar-refractivity contribution >= 4 is 0 Å². The van der Waals surface area contributed by atoms with E-state index in [9.17, 15) is 0 Å². The van der Waals surface area contributed by atoms with Crippen LogP contribution in [0.25, 0.3) is 0 Å². The summed E-state index contributed by atoms with van der Waals surface area (Å²) in [6, 6.07) is 0. The molecule has 92 valence electrons. The van der Waals surface area contributed by atoms with Crippen LogP contribution in [-0.4, -0.2) is 28.4 Å². The molecule has 0 radical (unpaired) electrons. The smallest absolute Gasteiger partial charge is 0.326 e. The Hall–Kier alpha value is -1.58. The molecular weight excluding hydrogens is 208 g/mol. The first kappa shape index (κ1) is 14.4. The van der Waals surface area contributed by atoms with Gasteiger partial charge in [-0.3, -0.25) is 0 Å². The second-order valence-corrected chi connectivity index (χ2v) is 2.80. The molecule has 0 aliphatic heterocycles. The Bertz CT molecular complexity index is 271. The average molecular weight is 228 g/mol. The molecule has 4 nitrogen and oxygen atoms in total. The van der Waals surface area contributed by atoms with Crippen molar-refractivity contribution < 1.29 is 18.9 Å². The Balaban J connectivity index is 5.09. The molecule has 0 aliphatic carbocycles. The van der Waals surface area contributed by atoms with Crippen LogP contribution >= 0.6 is 0 Å². The van der Waals surface area contributed by atoms with E-state index in [1.54, 1.807) is 13.2 Å². The Morgan fingerprint density at radius 1 is 0.938 bits per heavy atom. The molecular formula is C12H20O4. The van der Waals surface area contributed by atoms with Crippen molar-refractivity contribution in [1.82, 2.24) is 0 Å². The van der Waals surface area contributed by atoms with Crippen LogP contribution in [0.4, 0.5) is 0 Å². The van der Waals surface area contributed by atoms with Gasteiger partial charge in [0, 0.05) is 0 Å². The third kappa shape index (κ3) is 4.29.